The van der Waals surface area contributed by atoms with Gasteiger partial charge in [0.25, 0.3) is 10.1 Å². The maximum Gasteiger partial charge on any atom is 0.310 e. The number of cyclic esters (lactones) is 1. The van der Waals surface area contributed by atoms with Crippen LogP contribution in [-0.2, 0) is 38.2 Å². The molecule has 0 spiro atoms. The van der Waals surface area contributed by atoms with Crippen molar-refractivity contribution >= 4 is 43.8 Å². The Kier molecular flexibility index (Phi) is 6.84. The van der Waals surface area contributed by atoms with Gasteiger partial charge in [0.1, 0.15) is 12.2 Å². The molecule has 0 unspecified atom stereocenters. The van der Waals surface area contributed by atoms with Crippen molar-refractivity contribution in [3.05, 3.63) is 52.9 Å². The van der Waals surface area contributed by atoms with E-state index in [9.17, 15) is 22.8 Å². The fourth-order valence-corrected chi connectivity index (χ4v) is 8.38. The number of fused-ring (bicyclic) bond motifs is 3. The van der Waals surface area contributed by atoms with Crippen LogP contribution in [0.5, 0.6) is 0 Å². The third-order valence-electron chi connectivity index (χ3n) is 8.85. The molecule has 3 fully saturated rings. The SMILES string of the molecule is COC(=O)[C@@H]1C[C@H](OS(=O)(=O)c2ccc(Br)cc2)C(=O)[C@H]2[C@@]1(C)CC[C@H]1C(=O)O[C@H](c3ccoc3)C[C@]21C. The number of hydrogen-bond donors (Lipinski definition) is 0. The number of benzene rings is 1. The molecule has 1 aromatic carbocycles. The van der Waals surface area contributed by atoms with Gasteiger partial charge in [0.05, 0.1) is 36.4 Å². The zero-order valence-electron chi connectivity index (χ0n) is 21.2. The number of Topliss-reactive ketones (excluding diaryl/α,β-unsaturated/α-hetero) is 1. The summed E-state index contributed by atoms with van der Waals surface area (Å²) in [6.07, 6.45) is 1.96. The van der Waals surface area contributed by atoms with E-state index in [1.54, 1.807) is 18.2 Å². The van der Waals surface area contributed by atoms with Crippen molar-refractivity contribution in [3.8, 4) is 0 Å². The third-order valence-corrected chi connectivity index (χ3v) is 10.7. The fraction of sp³-hybridized carbons (Fsp3) is 0.519. The van der Waals surface area contributed by atoms with Crippen molar-refractivity contribution in [1.29, 1.82) is 0 Å². The Morgan fingerprint density at radius 1 is 1.11 bits per heavy atom. The molecule has 1 aliphatic heterocycles. The topological polar surface area (TPSA) is 126 Å². The zero-order chi connectivity index (χ0) is 27.5. The Labute approximate surface area is 229 Å². The number of ketones is 1. The Balaban J connectivity index is 1.56. The second kappa shape index (κ2) is 9.60. The first-order valence-electron chi connectivity index (χ1n) is 12.4. The number of ether oxygens (including phenoxy) is 2. The molecule has 7 atom stereocenters. The predicted octanol–water partition coefficient (Wildman–Crippen LogP) is 4.61. The van der Waals surface area contributed by atoms with Gasteiger partial charge in [-0.25, -0.2) is 0 Å². The van der Waals surface area contributed by atoms with Gasteiger partial charge in [0.2, 0.25) is 0 Å². The summed E-state index contributed by atoms with van der Waals surface area (Å²) in [6.45, 7) is 3.73. The van der Waals surface area contributed by atoms with E-state index in [-0.39, 0.29) is 11.3 Å². The van der Waals surface area contributed by atoms with E-state index in [0.717, 1.165) is 0 Å². The quantitative estimate of drug-likeness (QED) is 0.353. The molecule has 2 aliphatic carbocycles. The molecule has 38 heavy (non-hydrogen) atoms. The molecule has 5 rings (SSSR count). The lowest BCUT2D eigenvalue weighted by Gasteiger charge is -2.61. The van der Waals surface area contributed by atoms with Crippen molar-refractivity contribution < 1.29 is 40.9 Å². The molecule has 1 saturated heterocycles. The largest absolute Gasteiger partial charge is 0.472 e. The molecule has 2 aromatic rings. The number of rotatable bonds is 5. The van der Waals surface area contributed by atoms with E-state index < -0.39 is 68.6 Å². The van der Waals surface area contributed by atoms with Crippen LogP contribution in [0.4, 0.5) is 0 Å². The summed E-state index contributed by atoms with van der Waals surface area (Å²) < 4.78 is 48.7. The van der Waals surface area contributed by atoms with E-state index in [1.807, 2.05) is 13.8 Å². The Morgan fingerprint density at radius 3 is 2.45 bits per heavy atom. The highest BCUT2D eigenvalue weighted by Gasteiger charge is 2.67. The first-order valence-corrected chi connectivity index (χ1v) is 14.6. The van der Waals surface area contributed by atoms with E-state index in [0.29, 0.717) is 29.3 Å². The minimum atomic E-state index is -4.33. The van der Waals surface area contributed by atoms with Crippen LogP contribution in [0.1, 0.15) is 51.2 Å². The number of furan rings is 1. The number of hydrogen-bond acceptors (Lipinski definition) is 9. The molecule has 0 amide bonds. The van der Waals surface area contributed by atoms with Crippen LogP contribution >= 0.6 is 15.9 Å². The van der Waals surface area contributed by atoms with Gasteiger partial charge >= 0.3 is 11.9 Å². The van der Waals surface area contributed by atoms with Crippen molar-refractivity contribution in [3.63, 3.8) is 0 Å². The predicted molar refractivity (Wildman–Crippen MR) is 136 cm³/mol. The van der Waals surface area contributed by atoms with Gasteiger partial charge in [-0.3, -0.25) is 18.6 Å². The lowest BCUT2D eigenvalue weighted by atomic mass is 9.43. The average molecular weight is 609 g/mol. The van der Waals surface area contributed by atoms with Crippen LogP contribution in [0.25, 0.3) is 0 Å². The molecular weight excluding hydrogens is 580 g/mol. The smallest absolute Gasteiger partial charge is 0.310 e. The number of carbonyl (C=O) groups is 3. The molecule has 1 aromatic heterocycles. The minimum absolute atomic E-state index is 0.106. The van der Waals surface area contributed by atoms with Crippen LogP contribution in [0, 0.1) is 28.6 Å². The van der Waals surface area contributed by atoms with Crippen LogP contribution in [-0.4, -0.2) is 39.4 Å². The molecule has 0 N–H and O–H groups in total. The molecular formula is C27H29BrO9S. The molecule has 11 heteroatoms. The van der Waals surface area contributed by atoms with Gasteiger partial charge in [-0.05, 0) is 66.8 Å². The van der Waals surface area contributed by atoms with E-state index in [4.69, 9.17) is 18.1 Å². The molecule has 0 radical (unpaired) electrons. The zero-order valence-corrected chi connectivity index (χ0v) is 23.6. The molecule has 2 heterocycles. The number of methoxy groups -OCH3 is 1. The van der Waals surface area contributed by atoms with Crippen LogP contribution in [0.2, 0.25) is 0 Å². The Morgan fingerprint density at radius 2 is 1.82 bits per heavy atom. The number of carbonyl (C=O) groups excluding carboxylic acids is 3. The summed E-state index contributed by atoms with van der Waals surface area (Å²) in [4.78, 5) is 40.4. The van der Waals surface area contributed by atoms with Crippen LogP contribution in [0.15, 0.2) is 56.6 Å². The normalized spacial score (nSPS) is 35.1. The van der Waals surface area contributed by atoms with Crippen LogP contribution < -0.4 is 0 Å². The number of esters is 2. The monoisotopic (exact) mass is 608 g/mol. The average Bonchev–Trinajstić information content (AvgIpc) is 3.40. The van der Waals surface area contributed by atoms with Gasteiger partial charge < -0.3 is 13.9 Å². The van der Waals surface area contributed by atoms with Crippen molar-refractivity contribution in [2.24, 2.45) is 28.6 Å². The van der Waals surface area contributed by atoms with Gasteiger partial charge in [0, 0.05) is 16.0 Å². The van der Waals surface area contributed by atoms with Gasteiger partial charge in [-0.2, -0.15) is 8.42 Å². The van der Waals surface area contributed by atoms with Gasteiger partial charge in [0.15, 0.2) is 5.78 Å². The molecule has 2 saturated carbocycles. The second-order valence-corrected chi connectivity index (χ2v) is 13.4. The Hall–Kier alpha value is -2.50. The lowest BCUT2D eigenvalue weighted by molar-refractivity contribution is -0.206. The van der Waals surface area contributed by atoms with Crippen molar-refractivity contribution in [2.75, 3.05) is 7.11 Å². The first-order chi connectivity index (χ1) is 17.9. The Bertz CT molecular complexity index is 1350. The standard InChI is InChI=1S/C27H29BrO9S/c1-26-10-8-18-25(31)36-21(15-9-11-35-14-15)13-27(18,2)23(26)22(29)20(12-19(26)24(30)34-3)37-38(32,33)17-6-4-16(28)5-7-17/h4-7,9,11,14,18-21,23H,8,10,12-13H2,1-3H3/t18-,19-,20-,21-,23-,26-,27-/m0/s1. The van der Waals surface area contributed by atoms with Gasteiger partial charge in [-0.15, -0.1) is 0 Å². The second-order valence-electron chi connectivity index (χ2n) is 10.9. The van der Waals surface area contributed by atoms with Gasteiger partial charge in [-0.1, -0.05) is 29.8 Å². The molecule has 0 bridgehead atoms. The van der Waals surface area contributed by atoms with E-state index in [2.05, 4.69) is 15.9 Å². The maximum atomic E-state index is 14.2. The van der Waals surface area contributed by atoms with E-state index in [1.165, 1.54) is 31.8 Å². The minimum Gasteiger partial charge on any atom is -0.472 e. The van der Waals surface area contributed by atoms with Crippen molar-refractivity contribution in [2.45, 2.75) is 56.6 Å². The molecule has 3 aliphatic rings. The molecule has 204 valence electrons. The highest BCUT2D eigenvalue weighted by molar-refractivity contribution is 9.10. The summed E-state index contributed by atoms with van der Waals surface area (Å²) >= 11 is 3.27. The summed E-state index contributed by atoms with van der Waals surface area (Å²) in [7, 11) is -3.06. The summed E-state index contributed by atoms with van der Waals surface area (Å²) in [5.74, 6) is -3.62. The lowest BCUT2D eigenvalue weighted by Crippen LogP contribution is -2.64. The van der Waals surface area contributed by atoms with E-state index >= 15 is 0 Å². The molecule has 9 nitrogen and oxygen atoms in total. The summed E-state index contributed by atoms with van der Waals surface area (Å²) in [5, 5.41) is 0. The number of halogens is 1. The highest BCUT2D eigenvalue weighted by atomic mass is 79.9. The highest BCUT2D eigenvalue weighted by Crippen LogP contribution is 2.65. The first kappa shape index (κ1) is 27.1. The van der Waals surface area contributed by atoms with Crippen LogP contribution in [0.3, 0.4) is 0 Å². The summed E-state index contributed by atoms with van der Waals surface area (Å²) in [6, 6.07) is 7.58. The maximum absolute atomic E-state index is 14.2. The fourth-order valence-electron chi connectivity index (χ4n) is 7.05. The summed E-state index contributed by atoms with van der Waals surface area (Å²) in [5.41, 5.74) is -1.12. The third kappa shape index (κ3) is 4.32. The van der Waals surface area contributed by atoms with Crippen molar-refractivity contribution in [1.82, 2.24) is 0 Å².